The van der Waals surface area contributed by atoms with Gasteiger partial charge in [0.15, 0.2) is 0 Å². The summed E-state index contributed by atoms with van der Waals surface area (Å²) in [5, 5.41) is 9.25. The van der Waals surface area contributed by atoms with Crippen LogP contribution in [0.4, 0.5) is 0 Å². The maximum atomic E-state index is 12.7. The number of aliphatic hydroxyl groups is 1. The zero-order valence-electron chi connectivity index (χ0n) is 33.6. The number of aliphatic hydroxyl groups excluding tert-OH is 1. The summed E-state index contributed by atoms with van der Waals surface area (Å²) in [6.45, 7) is 15.6. The Morgan fingerprint density at radius 2 is 1.04 bits per heavy atom. The molecule has 0 rings (SSSR count). The molecule has 0 atom stereocenters. The van der Waals surface area contributed by atoms with Crippen LogP contribution in [-0.4, -0.2) is 61.4 Å². The minimum atomic E-state index is -0.406. The van der Waals surface area contributed by atoms with Gasteiger partial charge in [-0.1, -0.05) is 143 Å². The minimum absolute atomic E-state index is 0.0243. The van der Waals surface area contributed by atoms with Gasteiger partial charge in [0.25, 0.3) is 0 Å². The van der Waals surface area contributed by atoms with Gasteiger partial charge >= 0.3 is 11.9 Å². The van der Waals surface area contributed by atoms with Crippen molar-refractivity contribution in [3.8, 4) is 0 Å². The lowest BCUT2D eigenvalue weighted by atomic mass is 9.87. The highest BCUT2D eigenvalue weighted by atomic mass is 16.5. The van der Waals surface area contributed by atoms with Gasteiger partial charge in [0.2, 0.25) is 0 Å². The number of hydrogen-bond acceptors (Lipinski definition) is 6. The molecule has 0 aliphatic rings. The SMILES string of the molecule is CCCCCCCCCOC(=O)CCCCCCCN(CCCCO)CCCCCCC(C)(C)C(=O)OCCCCCC(CCC)CCC. The van der Waals surface area contributed by atoms with E-state index in [-0.39, 0.29) is 18.5 Å². The highest BCUT2D eigenvalue weighted by Gasteiger charge is 2.28. The number of esters is 2. The van der Waals surface area contributed by atoms with Gasteiger partial charge in [-0.3, -0.25) is 9.59 Å². The largest absolute Gasteiger partial charge is 0.466 e. The lowest BCUT2D eigenvalue weighted by Gasteiger charge is -2.23. The van der Waals surface area contributed by atoms with Crippen molar-refractivity contribution >= 4 is 11.9 Å². The Kier molecular flexibility index (Phi) is 34.5. The average Bonchev–Trinajstić information content (AvgIpc) is 3.08. The average molecular weight is 696 g/mol. The maximum absolute atomic E-state index is 12.7. The predicted molar refractivity (Wildman–Crippen MR) is 209 cm³/mol. The molecule has 0 aromatic carbocycles. The van der Waals surface area contributed by atoms with Gasteiger partial charge in [-0.2, -0.15) is 0 Å². The highest BCUT2D eigenvalue weighted by Crippen LogP contribution is 2.26. The fraction of sp³-hybridized carbons (Fsp3) is 0.953. The normalized spacial score (nSPS) is 11.9. The van der Waals surface area contributed by atoms with Crippen molar-refractivity contribution in [2.45, 2.75) is 214 Å². The van der Waals surface area contributed by atoms with Crippen molar-refractivity contribution in [2.24, 2.45) is 11.3 Å². The zero-order valence-corrected chi connectivity index (χ0v) is 33.6. The molecule has 0 heterocycles. The van der Waals surface area contributed by atoms with E-state index in [4.69, 9.17) is 9.47 Å². The summed E-state index contributed by atoms with van der Waals surface area (Å²) in [5.74, 6) is 0.820. The molecule has 0 fully saturated rings. The lowest BCUT2D eigenvalue weighted by Crippen LogP contribution is -2.28. The van der Waals surface area contributed by atoms with Crippen molar-refractivity contribution in [1.29, 1.82) is 0 Å². The van der Waals surface area contributed by atoms with E-state index in [1.54, 1.807) is 0 Å². The second kappa shape index (κ2) is 35.3. The zero-order chi connectivity index (χ0) is 36.3. The number of carbonyl (C=O) groups is 2. The van der Waals surface area contributed by atoms with E-state index in [9.17, 15) is 14.7 Å². The summed E-state index contributed by atoms with van der Waals surface area (Å²) >= 11 is 0. The predicted octanol–water partition coefficient (Wildman–Crippen LogP) is 12.0. The van der Waals surface area contributed by atoms with Crippen LogP contribution >= 0.6 is 0 Å². The molecule has 0 saturated carbocycles. The molecule has 0 radical (unpaired) electrons. The van der Waals surface area contributed by atoms with E-state index >= 15 is 0 Å². The quantitative estimate of drug-likeness (QED) is 0.0512. The van der Waals surface area contributed by atoms with Gasteiger partial charge in [-0.25, -0.2) is 0 Å². The second-order valence-electron chi connectivity index (χ2n) is 15.6. The Morgan fingerprint density at radius 3 is 1.63 bits per heavy atom. The fourth-order valence-corrected chi connectivity index (χ4v) is 6.91. The first-order chi connectivity index (χ1) is 23.8. The van der Waals surface area contributed by atoms with Crippen LogP contribution in [0.3, 0.4) is 0 Å². The van der Waals surface area contributed by atoms with E-state index in [1.165, 1.54) is 109 Å². The first-order valence-electron chi connectivity index (χ1n) is 21.5. The maximum Gasteiger partial charge on any atom is 0.311 e. The second-order valence-corrected chi connectivity index (χ2v) is 15.6. The van der Waals surface area contributed by atoms with E-state index in [1.807, 2.05) is 13.8 Å². The molecule has 1 N–H and O–H groups in total. The molecule has 0 bridgehead atoms. The van der Waals surface area contributed by atoms with Crippen LogP contribution in [-0.2, 0) is 19.1 Å². The Bertz CT molecular complexity index is 721. The number of nitrogens with zero attached hydrogens (tertiary/aromatic N) is 1. The Morgan fingerprint density at radius 1 is 0.551 bits per heavy atom. The molecular weight excluding hydrogens is 610 g/mol. The molecule has 0 aliphatic carbocycles. The molecule has 0 aromatic rings. The first kappa shape index (κ1) is 47.9. The van der Waals surface area contributed by atoms with Crippen LogP contribution in [0.1, 0.15) is 214 Å². The van der Waals surface area contributed by atoms with E-state index in [0.717, 1.165) is 89.8 Å². The van der Waals surface area contributed by atoms with E-state index < -0.39 is 5.41 Å². The summed E-state index contributed by atoms with van der Waals surface area (Å²) in [7, 11) is 0. The van der Waals surface area contributed by atoms with Crippen LogP contribution in [0.2, 0.25) is 0 Å². The van der Waals surface area contributed by atoms with Gasteiger partial charge in [-0.15, -0.1) is 0 Å². The summed E-state index contributed by atoms with van der Waals surface area (Å²) in [6.07, 6.45) is 32.2. The minimum Gasteiger partial charge on any atom is -0.466 e. The third-order valence-electron chi connectivity index (χ3n) is 10.2. The summed E-state index contributed by atoms with van der Waals surface area (Å²) in [6, 6.07) is 0. The third-order valence-corrected chi connectivity index (χ3v) is 10.2. The van der Waals surface area contributed by atoms with Crippen molar-refractivity contribution in [1.82, 2.24) is 4.90 Å². The van der Waals surface area contributed by atoms with Gasteiger partial charge < -0.3 is 19.5 Å². The van der Waals surface area contributed by atoms with Crippen LogP contribution in [0, 0.1) is 11.3 Å². The summed E-state index contributed by atoms with van der Waals surface area (Å²) < 4.78 is 11.1. The van der Waals surface area contributed by atoms with E-state index in [0.29, 0.717) is 19.6 Å². The van der Waals surface area contributed by atoms with Crippen LogP contribution in [0.15, 0.2) is 0 Å². The van der Waals surface area contributed by atoms with Crippen molar-refractivity contribution in [3.05, 3.63) is 0 Å². The molecule has 6 heteroatoms. The lowest BCUT2D eigenvalue weighted by molar-refractivity contribution is -0.154. The third kappa shape index (κ3) is 31.3. The van der Waals surface area contributed by atoms with Gasteiger partial charge in [0.05, 0.1) is 18.6 Å². The van der Waals surface area contributed by atoms with Crippen LogP contribution < -0.4 is 0 Å². The van der Waals surface area contributed by atoms with Crippen LogP contribution in [0.25, 0.3) is 0 Å². The molecule has 292 valence electrons. The molecule has 0 aromatic heterocycles. The molecule has 0 spiro atoms. The molecule has 0 amide bonds. The van der Waals surface area contributed by atoms with E-state index in [2.05, 4.69) is 25.7 Å². The topological polar surface area (TPSA) is 76.1 Å². The Hall–Kier alpha value is -1.14. The molecule has 0 aliphatic heterocycles. The van der Waals surface area contributed by atoms with Crippen LogP contribution in [0.5, 0.6) is 0 Å². The summed E-state index contributed by atoms with van der Waals surface area (Å²) in [4.78, 5) is 27.3. The summed E-state index contributed by atoms with van der Waals surface area (Å²) in [5.41, 5.74) is -0.406. The number of ether oxygens (including phenoxy) is 2. The highest BCUT2D eigenvalue weighted by molar-refractivity contribution is 5.75. The van der Waals surface area contributed by atoms with Gasteiger partial charge in [0, 0.05) is 13.0 Å². The molecule has 0 unspecified atom stereocenters. The fourth-order valence-electron chi connectivity index (χ4n) is 6.91. The van der Waals surface area contributed by atoms with Crippen molar-refractivity contribution < 1.29 is 24.2 Å². The number of hydrogen-bond donors (Lipinski definition) is 1. The molecule has 0 saturated heterocycles. The van der Waals surface area contributed by atoms with Crippen molar-refractivity contribution in [2.75, 3.05) is 39.5 Å². The first-order valence-corrected chi connectivity index (χ1v) is 21.5. The monoisotopic (exact) mass is 696 g/mol. The smallest absolute Gasteiger partial charge is 0.311 e. The standard InChI is InChI=1S/C43H85NO5/c1-6-9-10-11-12-18-27-38-48-41(46)32-21-14-13-16-23-34-44(36-25-26-37-45)35-24-17-15-22-33-43(4,5)42(47)49-39-28-19-20-31-40(29-7-2)30-8-3/h40,45H,6-39H2,1-5H3. The number of rotatable bonds is 38. The van der Waals surface area contributed by atoms with Gasteiger partial charge in [0.1, 0.15) is 0 Å². The Balaban J connectivity index is 3.99. The molecule has 49 heavy (non-hydrogen) atoms. The molecular formula is C43H85NO5. The van der Waals surface area contributed by atoms with Crippen molar-refractivity contribution in [3.63, 3.8) is 0 Å². The number of unbranched alkanes of at least 4 members (excludes halogenated alkanes) is 16. The molecule has 6 nitrogen and oxygen atoms in total. The Labute approximate surface area is 305 Å². The number of carbonyl (C=O) groups excluding carboxylic acids is 2. The van der Waals surface area contributed by atoms with Gasteiger partial charge in [-0.05, 0) is 90.8 Å².